The van der Waals surface area contributed by atoms with E-state index >= 15 is 0 Å². The number of hydrogen-bond acceptors (Lipinski definition) is 5. The lowest BCUT2D eigenvalue weighted by atomic mass is 9.98. The summed E-state index contributed by atoms with van der Waals surface area (Å²) in [5, 5.41) is 3.16. The average molecular weight is 410 g/mol. The van der Waals surface area contributed by atoms with Crippen LogP contribution in [0, 0.1) is 0 Å². The quantitative estimate of drug-likeness (QED) is 0.681. The first-order valence-electron chi connectivity index (χ1n) is 9.39. The molecule has 7 heteroatoms. The van der Waals surface area contributed by atoms with Gasteiger partial charge >= 0.3 is 5.97 Å². The van der Waals surface area contributed by atoms with Crippen LogP contribution in [0.3, 0.4) is 0 Å². The highest BCUT2D eigenvalue weighted by atomic mass is 35.5. The summed E-state index contributed by atoms with van der Waals surface area (Å²) >= 11 is 7.68. The van der Waals surface area contributed by atoms with Crippen LogP contribution in [0.5, 0.6) is 0 Å². The Bertz CT molecular complexity index is 743. The van der Waals surface area contributed by atoms with Crippen molar-refractivity contribution in [3.63, 3.8) is 0 Å². The van der Waals surface area contributed by atoms with Crippen LogP contribution in [0.4, 0.5) is 5.69 Å². The molecule has 2 aliphatic rings. The molecule has 1 aromatic rings. The number of esters is 1. The Balaban J connectivity index is 1.71. The van der Waals surface area contributed by atoms with Gasteiger partial charge in [-0.25, -0.2) is 4.79 Å². The minimum absolute atomic E-state index is 0.0476. The first-order valence-corrected chi connectivity index (χ1v) is 10.8. The van der Waals surface area contributed by atoms with Gasteiger partial charge in [-0.1, -0.05) is 24.9 Å². The number of benzene rings is 1. The van der Waals surface area contributed by atoms with Crippen molar-refractivity contribution in [2.24, 2.45) is 0 Å². The average Bonchev–Trinajstić information content (AvgIpc) is 2.70. The summed E-state index contributed by atoms with van der Waals surface area (Å²) in [4.78, 5) is 25.7. The molecular weight excluding hydrogens is 386 g/mol. The monoisotopic (exact) mass is 409 g/mol. The molecule has 1 heterocycles. The molecule has 1 amide bonds. The number of amides is 1. The molecule has 1 aliphatic carbocycles. The number of carbonyl (C=O) groups is 2. The van der Waals surface area contributed by atoms with Crippen molar-refractivity contribution in [3.05, 3.63) is 39.4 Å². The third-order valence-electron chi connectivity index (χ3n) is 4.66. The van der Waals surface area contributed by atoms with E-state index in [1.165, 1.54) is 18.2 Å². The van der Waals surface area contributed by atoms with E-state index in [1.807, 2.05) is 6.92 Å². The number of carbonyl (C=O) groups excluding carboxylic acids is 2. The molecule has 3 rings (SSSR count). The number of rotatable bonds is 5. The lowest BCUT2D eigenvalue weighted by Crippen LogP contribution is -2.22. The zero-order chi connectivity index (χ0) is 19.2. The van der Waals surface area contributed by atoms with E-state index in [0.717, 1.165) is 31.4 Å². The highest BCUT2D eigenvalue weighted by Gasteiger charge is 2.23. The summed E-state index contributed by atoms with van der Waals surface area (Å²) in [5.41, 5.74) is 0.784. The molecule has 0 atom stereocenters. The molecule has 1 aromatic carbocycles. The van der Waals surface area contributed by atoms with E-state index in [0.29, 0.717) is 34.4 Å². The highest BCUT2D eigenvalue weighted by molar-refractivity contribution is 8.04. The van der Waals surface area contributed by atoms with Crippen molar-refractivity contribution in [3.8, 4) is 0 Å². The van der Waals surface area contributed by atoms with Crippen molar-refractivity contribution in [2.45, 2.75) is 51.6 Å². The van der Waals surface area contributed by atoms with E-state index in [9.17, 15) is 9.59 Å². The van der Waals surface area contributed by atoms with Crippen LogP contribution in [0.1, 0.15) is 55.8 Å². The standard InChI is InChI=1S/C20H24ClNO4S/c1-2-17-18(27-11-10-25-17)19(23)22-13-8-9-16(21)15(12-13)20(24)26-14-6-4-3-5-7-14/h8-9,12,14H,2-7,10-11H2,1H3,(H,22,23). The molecule has 0 unspecified atom stereocenters. The maximum absolute atomic E-state index is 12.6. The molecule has 0 spiro atoms. The maximum Gasteiger partial charge on any atom is 0.340 e. The van der Waals surface area contributed by atoms with Crippen LogP contribution in [-0.2, 0) is 14.3 Å². The van der Waals surface area contributed by atoms with E-state index in [1.54, 1.807) is 18.2 Å². The number of ether oxygens (including phenoxy) is 2. The Morgan fingerprint density at radius 3 is 2.81 bits per heavy atom. The molecular formula is C20H24ClNO4S. The van der Waals surface area contributed by atoms with Crippen molar-refractivity contribution in [2.75, 3.05) is 17.7 Å². The summed E-state index contributed by atoms with van der Waals surface area (Å²) in [7, 11) is 0. The number of thioether (sulfide) groups is 1. The predicted octanol–water partition coefficient (Wildman–Crippen LogP) is 5.15. The molecule has 1 N–H and O–H groups in total. The highest BCUT2D eigenvalue weighted by Crippen LogP contribution is 2.30. The smallest absolute Gasteiger partial charge is 0.340 e. The molecule has 1 fully saturated rings. The Labute approximate surface area is 168 Å². The Kier molecular flexibility index (Phi) is 7.07. The van der Waals surface area contributed by atoms with Gasteiger partial charge in [0.25, 0.3) is 5.91 Å². The third kappa shape index (κ3) is 5.20. The van der Waals surface area contributed by atoms with E-state index < -0.39 is 5.97 Å². The zero-order valence-corrected chi connectivity index (χ0v) is 17.0. The summed E-state index contributed by atoms with van der Waals surface area (Å²) in [5.74, 6) is 0.776. The normalized spacial score (nSPS) is 18.0. The van der Waals surface area contributed by atoms with Crippen LogP contribution in [-0.4, -0.2) is 30.3 Å². The molecule has 0 bridgehead atoms. The molecule has 0 saturated heterocycles. The van der Waals surface area contributed by atoms with Gasteiger partial charge in [-0.05, 0) is 43.9 Å². The molecule has 5 nitrogen and oxygen atoms in total. The van der Waals surface area contributed by atoms with Gasteiger partial charge in [-0.3, -0.25) is 4.79 Å². The van der Waals surface area contributed by atoms with Gasteiger partial charge in [-0.2, -0.15) is 0 Å². The van der Waals surface area contributed by atoms with E-state index in [2.05, 4.69) is 5.32 Å². The van der Waals surface area contributed by atoms with Gasteiger partial charge in [0.1, 0.15) is 16.8 Å². The maximum atomic E-state index is 12.6. The second-order valence-electron chi connectivity index (χ2n) is 6.62. The SMILES string of the molecule is CCC1=C(C(=O)Nc2ccc(Cl)c(C(=O)OC3CCCCC3)c2)SCCO1. The first kappa shape index (κ1) is 20.1. The number of nitrogens with one attached hydrogen (secondary N) is 1. The summed E-state index contributed by atoms with van der Waals surface area (Å²) in [6.07, 6.45) is 5.75. The second-order valence-corrected chi connectivity index (χ2v) is 8.13. The largest absolute Gasteiger partial charge is 0.496 e. The molecule has 146 valence electrons. The van der Waals surface area contributed by atoms with Gasteiger partial charge in [-0.15, -0.1) is 11.8 Å². The fraction of sp³-hybridized carbons (Fsp3) is 0.500. The van der Waals surface area contributed by atoms with Gasteiger partial charge in [0.2, 0.25) is 0 Å². The minimum Gasteiger partial charge on any atom is -0.496 e. The first-order chi connectivity index (χ1) is 13.1. The number of allylic oxidation sites excluding steroid dienone is 1. The lowest BCUT2D eigenvalue weighted by molar-refractivity contribution is -0.112. The molecule has 27 heavy (non-hydrogen) atoms. The Morgan fingerprint density at radius 1 is 1.30 bits per heavy atom. The number of anilines is 1. The van der Waals surface area contributed by atoms with Crippen molar-refractivity contribution >= 4 is 40.9 Å². The Morgan fingerprint density at radius 2 is 2.07 bits per heavy atom. The zero-order valence-electron chi connectivity index (χ0n) is 15.4. The number of hydrogen-bond donors (Lipinski definition) is 1. The van der Waals surface area contributed by atoms with Crippen LogP contribution >= 0.6 is 23.4 Å². The number of halogens is 1. The van der Waals surface area contributed by atoms with E-state index in [4.69, 9.17) is 21.1 Å². The predicted molar refractivity (Wildman–Crippen MR) is 108 cm³/mol. The van der Waals surface area contributed by atoms with Gasteiger partial charge < -0.3 is 14.8 Å². The van der Waals surface area contributed by atoms with Gasteiger partial charge in [0.15, 0.2) is 0 Å². The lowest BCUT2D eigenvalue weighted by Gasteiger charge is -2.22. The van der Waals surface area contributed by atoms with Crippen LogP contribution in [0.15, 0.2) is 28.9 Å². The van der Waals surface area contributed by atoms with Gasteiger partial charge in [0, 0.05) is 17.9 Å². The summed E-state index contributed by atoms with van der Waals surface area (Å²) in [6.45, 7) is 2.57. The van der Waals surface area contributed by atoms with Crippen molar-refractivity contribution in [1.82, 2.24) is 0 Å². The van der Waals surface area contributed by atoms with Crippen LogP contribution < -0.4 is 5.32 Å². The van der Waals surface area contributed by atoms with Crippen LogP contribution in [0.2, 0.25) is 5.02 Å². The molecule has 1 aliphatic heterocycles. The molecule has 1 saturated carbocycles. The summed E-state index contributed by atoms with van der Waals surface area (Å²) in [6, 6.07) is 4.86. The third-order valence-corrected chi connectivity index (χ3v) is 6.06. The fourth-order valence-corrected chi connectivity index (χ4v) is 4.37. The van der Waals surface area contributed by atoms with E-state index in [-0.39, 0.29) is 17.6 Å². The second kappa shape index (κ2) is 9.51. The molecule has 0 aromatic heterocycles. The van der Waals surface area contributed by atoms with Crippen molar-refractivity contribution in [1.29, 1.82) is 0 Å². The molecule has 0 radical (unpaired) electrons. The van der Waals surface area contributed by atoms with Gasteiger partial charge in [0.05, 0.1) is 17.2 Å². The topological polar surface area (TPSA) is 64.6 Å². The fourth-order valence-electron chi connectivity index (χ4n) is 3.25. The summed E-state index contributed by atoms with van der Waals surface area (Å²) < 4.78 is 11.2. The van der Waals surface area contributed by atoms with Crippen LogP contribution in [0.25, 0.3) is 0 Å². The Hall–Kier alpha value is -1.66. The van der Waals surface area contributed by atoms with Crippen molar-refractivity contribution < 1.29 is 19.1 Å². The minimum atomic E-state index is -0.438.